The van der Waals surface area contributed by atoms with Crippen LogP contribution in [0.1, 0.15) is 46.3 Å². The Balaban J connectivity index is 1.48. The van der Waals surface area contributed by atoms with Gasteiger partial charge in [0.15, 0.2) is 0 Å². The van der Waals surface area contributed by atoms with Crippen molar-refractivity contribution >= 4 is 39.0 Å². The molecule has 0 aliphatic carbocycles. The van der Waals surface area contributed by atoms with Gasteiger partial charge in [-0.3, -0.25) is 13.9 Å². The Bertz CT molecular complexity index is 1380. The second-order valence-corrected chi connectivity index (χ2v) is 11.2. The largest absolute Gasteiger partial charge is 0.399 e. The Morgan fingerprint density at radius 1 is 1.05 bits per heavy atom. The van der Waals surface area contributed by atoms with Gasteiger partial charge in [-0.2, -0.15) is 8.42 Å². The van der Waals surface area contributed by atoms with E-state index in [1.807, 2.05) is 26.0 Å². The van der Waals surface area contributed by atoms with Crippen LogP contribution in [0.25, 0.3) is 0 Å². The molecule has 0 aromatic heterocycles. The van der Waals surface area contributed by atoms with E-state index in [1.165, 1.54) is 12.1 Å². The van der Waals surface area contributed by atoms with Crippen molar-refractivity contribution in [1.29, 1.82) is 0 Å². The number of rotatable bonds is 8. The molecule has 7 nitrogen and oxygen atoms in total. The van der Waals surface area contributed by atoms with Crippen molar-refractivity contribution in [2.75, 3.05) is 23.8 Å². The summed E-state index contributed by atoms with van der Waals surface area (Å²) in [4.78, 5) is 15.6. The molecule has 1 aliphatic heterocycles. The summed E-state index contributed by atoms with van der Waals surface area (Å²) in [6, 6.07) is 17.2. The van der Waals surface area contributed by atoms with Crippen LogP contribution in [0, 0.1) is 13.8 Å². The molecule has 2 N–H and O–H groups in total. The van der Waals surface area contributed by atoms with Gasteiger partial charge >= 0.3 is 0 Å². The van der Waals surface area contributed by atoms with E-state index in [1.54, 1.807) is 41.3 Å². The maximum absolute atomic E-state index is 13.8. The molecule has 0 spiro atoms. The van der Waals surface area contributed by atoms with Gasteiger partial charge in [-0.05, 0) is 99.2 Å². The maximum Gasteiger partial charge on any atom is 0.296 e. The third-order valence-corrected chi connectivity index (χ3v) is 7.89. The minimum atomic E-state index is -3.84. The third-order valence-electron chi connectivity index (χ3n) is 6.33. The average Bonchev–Trinajstić information content (AvgIpc) is 3.02. The van der Waals surface area contributed by atoms with Crippen LogP contribution in [-0.2, 0) is 25.5 Å². The number of hydrogen-bond donors (Lipinski definition) is 1. The maximum atomic E-state index is 13.8. The Morgan fingerprint density at radius 3 is 2.54 bits per heavy atom. The number of benzene rings is 3. The molecule has 1 heterocycles. The number of anilines is 2. The number of halogens is 1. The van der Waals surface area contributed by atoms with E-state index in [4.69, 9.17) is 26.3 Å². The van der Waals surface area contributed by atoms with Gasteiger partial charge in [-0.1, -0.05) is 29.3 Å². The molecule has 196 valence electrons. The highest BCUT2D eigenvalue weighted by Crippen LogP contribution is 2.34. The fourth-order valence-electron chi connectivity index (χ4n) is 4.42. The van der Waals surface area contributed by atoms with Crippen LogP contribution < -0.4 is 10.6 Å². The Morgan fingerprint density at radius 2 is 1.81 bits per heavy atom. The van der Waals surface area contributed by atoms with Gasteiger partial charge in [0.05, 0.1) is 18.1 Å². The zero-order chi connectivity index (χ0) is 26.6. The summed E-state index contributed by atoms with van der Waals surface area (Å²) >= 11 is 6.25. The number of nitrogens with two attached hydrogens (primary N) is 1. The first-order valence-corrected chi connectivity index (χ1v) is 14.0. The highest BCUT2D eigenvalue weighted by Gasteiger charge is 2.31. The van der Waals surface area contributed by atoms with Crippen LogP contribution >= 0.6 is 11.6 Å². The van der Waals surface area contributed by atoms with E-state index in [0.29, 0.717) is 29.1 Å². The van der Waals surface area contributed by atoms with Crippen LogP contribution in [0.4, 0.5) is 11.4 Å². The third kappa shape index (κ3) is 6.51. The number of amides is 1. The minimum absolute atomic E-state index is 0.0276. The smallest absolute Gasteiger partial charge is 0.296 e. The minimum Gasteiger partial charge on any atom is -0.399 e. The van der Waals surface area contributed by atoms with Crippen LogP contribution in [0.2, 0.25) is 5.02 Å². The average molecular weight is 543 g/mol. The summed E-state index contributed by atoms with van der Waals surface area (Å²) < 4.78 is 36.2. The van der Waals surface area contributed by atoms with Crippen molar-refractivity contribution in [3.8, 4) is 0 Å². The van der Waals surface area contributed by atoms with Crippen molar-refractivity contribution in [3.05, 3.63) is 87.9 Å². The molecule has 9 heteroatoms. The van der Waals surface area contributed by atoms with Gasteiger partial charge in [-0.25, -0.2) is 0 Å². The first-order chi connectivity index (χ1) is 17.7. The molecule has 1 amide bonds. The SMILES string of the molecule is Cc1ccc(S(=O)(=O)OCCCOC2CCCc3cc(Cl)ccc3N2C(=O)c2ccc(N)cc2C)cc1. The van der Waals surface area contributed by atoms with Crippen molar-refractivity contribution in [2.45, 2.75) is 50.7 Å². The molecule has 0 fully saturated rings. The molecule has 0 saturated heterocycles. The van der Waals surface area contributed by atoms with Gasteiger partial charge in [0.1, 0.15) is 6.23 Å². The highest BCUT2D eigenvalue weighted by atomic mass is 35.5. The second kappa shape index (κ2) is 11.6. The monoisotopic (exact) mass is 542 g/mol. The standard InChI is InChI=1S/C28H31ClN2O5S/c1-19-7-11-24(12-8-19)37(33,34)36-16-4-15-35-27-6-3-5-21-18-22(29)9-14-26(21)31(27)28(32)25-13-10-23(30)17-20(25)2/h7-14,17-18,27H,3-6,15-16,30H2,1-2H3. The highest BCUT2D eigenvalue weighted by molar-refractivity contribution is 7.86. The van der Waals surface area contributed by atoms with Crippen LogP contribution in [0.15, 0.2) is 65.6 Å². The molecule has 3 aromatic carbocycles. The normalized spacial score (nSPS) is 15.8. The lowest BCUT2D eigenvalue weighted by molar-refractivity contribution is 0.0359. The summed E-state index contributed by atoms with van der Waals surface area (Å²) in [5, 5.41) is 0.612. The number of aryl methyl sites for hydroxylation is 3. The topological polar surface area (TPSA) is 98.9 Å². The van der Waals surface area contributed by atoms with Crippen LogP contribution in [0.5, 0.6) is 0 Å². The summed E-state index contributed by atoms with van der Waals surface area (Å²) in [6.45, 7) is 3.94. The zero-order valence-corrected chi connectivity index (χ0v) is 22.5. The number of hydrogen-bond acceptors (Lipinski definition) is 6. The van der Waals surface area contributed by atoms with Crippen LogP contribution in [0.3, 0.4) is 0 Å². The molecular weight excluding hydrogens is 512 g/mol. The summed E-state index contributed by atoms with van der Waals surface area (Å²) in [5.41, 5.74) is 10.5. The fourth-order valence-corrected chi connectivity index (χ4v) is 5.55. The van der Waals surface area contributed by atoms with Crippen LogP contribution in [-0.4, -0.2) is 33.8 Å². The lowest BCUT2D eigenvalue weighted by atomic mass is 10.0. The molecule has 0 radical (unpaired) electrons. The number of ether oxygens (including phenoxy) is 1. The predicted octanol–water partition coefficient (Wildman–Crippen LogP) is 5.66. The Hall–Kier alpha value is -2.91. The van der Waals surface area contributed by atoms with Gasteiger partial charge < -0.3 is 10.5 Å². The van der Waals surface area contributed by atoms with Crippen molar-refractivity contribution in [2.24, 2.45) is 0 Å². The van der Waals surface area contributed by atoms with Gasteiger partial charge in [0, 0.05) is 22.0 Å². The number of nitrogen functional groups attached to an aromatic ring is 1. The molecule has 4 rings (SSSR count). The molecule has 0 bridgehead atoms. The zero-order valence-electron chi connectivity index (χ0n) is 20.9. The van der Waals surface area contributed by atoms with Gasteiger partial charge in [0.25, 0.3) is 16.0 Å². The molecule has 1 atom stereocenters. The van der Waals surface area contributed by atoms with Crippen molar-refractivity contribution < 1.29 is 22.1 Å². The van der Waals surface area contributed by atoms with E-state index in [0.717, 1.165) is 35.2 Å². The Kier molecular flexibility index (Phi) is 8.54. The van der Waals surface area contributed by atoms with Gasteiger partial charge in [0.2, 0.25) is 0 Å². The van der Waals surface area contributed by atoms with E-state index >= 15 is 0 Å². The van der Waals surface area contributed by atoms with Gasteiger partial charge in [-0.15, -0.1) is 0 Å². The lowest BCUT2D eigenvalue weighted by Crippen LogP contribution is -2.42. The lowest BCUT2D eigenvalue weighted by Gasteiger charge is -2.32. The summed E-state index contributed by atoms with van der Waals surface area (Å²) in [6.07, 6.45) is 2.01. The Labute approximate surface area is 223 Å². The number of carbonyl (C=O) groups excluding carboxylic acids is 1. The molecular formula is C28H31ClN2O5S. The molecule has 37 heavy (non-hydrogen) atoms. The quantitative estimate of drug-likeness (QED) is 0.224. The summed E-state index contributed by atoms with van der Waals surface area (Å²) in [7, 11) is -3.84. The molecule has 1 unspecified atom stereocenters. The molecule has 3 aromatic rings. The van der Waals surface area contributed by atoms with Crippen molar-refractivity contribution in [3.63, 3.8) is 0 Å². The molecule has 1 aliphatic rings. The fraction of sp³-hybridized carbons (Fsp3) is 0.321. The van der Waals surface area contributed by atoms with E-state index in [-0.39, 0.29) is 24.0 Å². The second-order valence-electron chi connectivity index (χ2n) is 9.18. The number of carbonyl (C=O) groups is 1. The van der Waals surface area contributed by atoms with E-state index in [9.17, 15) is 13.2 Å². The first-order valence-electron chi connectivity index (χ1n) is 12.2. The van der Waals surface area contributed by atoms with E-state index < -0.39 is 16.3 Å². The molecule has 0 saturated carbocycles. The van der Waals surface area contributed by atoms with Crippen molar-refractivity contribution in [1.82, 2.24) is 0 Å². The summed E-state index contributed by atoms with van der Waals surface area (Å²) in [5.74, 6) is -0.189. The number of nitrogens with zero attached hydrogens (tertiary/aromatic N) is 1. The first kappa shape index (κ1) is 27.1. The number of fused-ring (bicyclic) bond motifs is 1. The predicted molar refractivity (Wildman–Crippen MR) is 145 cm³/mol. The van der Waals surface area contributed by atoms with E-state index in [2.05, 4.69) is 0 Å².